The molecule has 2 nitrogen and oxygen atoms in total. The standard InChI is InChI=1S/C16H19O2/c1-10(2)12-8-7-11(3)9-13(12)16-14(17)5-4-6-15(16)18/h5-6,9,12-13,17-18H,1,7-8H2,2-3H3/t12-,13+/m1/s1. The number of hydrogen-bond donors (Lipinski definition) is 2. The van der Waals surface area contributed by atoms with Crippen molar-refractivity contribution in [2.75, 3.05) is 0 Å². The fourth-order valence-electron chi connectivity index (χ4n) is 2.73. The van der Waals surface area contributed by atoms with E-state index in [0.29, 0.717) is 5.56 Å². The van der Waals surface area contributed by atoms with E-state index in [1.165, 1.54) is 17.7 Å². The van der Waals surface area contributed by atoms with Gasteiger partial charge < -0.3 is 10.2 Å². The average molecular weight is 243 g/mol. The molecule has 2 N–H and O–H groups in total. The maximum atomic E-state index is 9.98. The van der Waals surface area contributed by atoms with Crippen LogP contribution in [0, 0.1) is 12.0 Å². The molecule has 1 aromatic rings. The summed E-state index contributed by atoms with van der Waals surface area (Å²) in [5, 5.41) is 20.0. The van der Waals surface area contributed by atoms with Gasteiger partial charge >= 0.3 is 0 Å². The Morgan fingerprint density at radius 3 is 2.50 bits per heavy atom. The van der Waals surface area contributed by atoms with Crippen LogP contribution >= 0.6 is 0 Å². The summed E-state index contributed by atoms with van der Waals surface area (Å²) in [5.41, 5.74) is 2.99. The van der Waals surface area contributed by atoms with E-state index in [2.05, 4.69) is 25.6 Å². The van der Waals surface area contributed by atoms with Gasteiger partial charge in [0.1, 0.15) is 11.5 Å². The summed E-state index contributed by atoms with van der Waals surface area (Å²) in [5.74, 6) is 0.494. The molecule has 0 spiro atoms. The molecule has 0 aromatic heterocycles. The lowest BCUT2D eigenvalue weighted by Gasteiger charge is -2.31. The smallest absolute Gasteiger partial charge is 0.123 e. The van der Waals surface area contributed by atoms with E-state index >= 15 is 0 Å². The van der Waals surface area contributed by atoms with E-state index in [4.69, 9.17) is 0 Å². The third-order valence-corrected chi connectivity index (χ3v) is 3.71. The number of rotatable bonds is 2. The second kappa shape index (κ2) is 4.89. The van der Waals surface area contributed by atoms with E-state index in [0.717, 1.165) is 18.4 Å². The molecule has 95 valence electrons. The van der Waals surface area contributed by atoms with Crippen LogP contribution in [0.2, 0.25) is 0 Å². The van der Waals surface area contributed by atoms with Gasteiger partial charge in [0, 0.05) is 11.5 Å². The Hall–Kier alpha value is -1.70. The van der Waals surface area contributed by atoms with Crippen molar-refractivity contribution in [3.05, 3.63) is 47.6 Å². The molecule has 1 aliphatic carbocycles. The number of benzene rings is 1. The summed E-state index contributed by atoms with van der Waals surface area (Å²) in [6.45, 7) is 8.14. The van der Waals surface area contributed by atoms with Crippen LogP contribution in [0.1, 0.15) is 38.2 Å². The van der Waals surface area contributed by atoms with Crippen molar-refractivity contribution in [2.45, 2.75) is 32.6 Å². The normalized spacial score (nSPS) is 23.6. The highest BCUT2D eigenvalue weighted by Gasteiger charge is 2.29. The minimum Gasteiger partial charge on any atom is -0.507 e. The zero-order valence-electron chi connectivity index (χ0n) is 10.9. The zero-order valence-corrected chi connectivity index (χ0v) is 10.9. The fourth-order valence-corrected chi connectivity index (χ4v) is 2.73. The highest BCUT2D eigenvalue weighted by atomic mass is 16.3. The fraction of sp³-hybridized carbons (Fsp3) is 0.375. The summed E-state index contributed by atoms with van der Waals surface area (Å²) in [6.07, 6.45) is 4.20. The van der Waals surface area contributed by atoms with Gasteiger partial charge in [0.25, 0.3) is 0 Å². The topological polar surface area (TPSA) is 40.5 Å². The molecule has 2 heteroatoms. The Labute approximate surface area is 108 Å². The Morgan fingerprint density at radius 1 is 1.33 bits per heavy atom. The molecule has 0 amide bonds. The molecule has 0 aliphatic heterocycles. The second-order valence-electron chi connectivity index (χ2n) is 5.17. The zero-order chi connectivity index (χ0) is 13.3. The van der Waals surface area contributed by atoms with Gasteiger partial charge in [-0.2, -0.15) is 0 Å². The van der Waals surface area contributed by atoms with E-state index in [9.17, 15) is 10.2 Å². The van der Waals surface area contributed by atoms with Crippen molar-refractivity contribution in [1.29, 1.82) is 0 Å². The summed E-state index contributed by atoms with van der Waals surface area (Å²) in [4.78, 5) is 0. The minimum absolute atomic E-state index is 0.00542. The first-order chi connectivity index (χ1) is 8.50. The van der Waals surface area contributed by atoms with Crippen LogP contribution in [-0.4, -0.2) is 10.2 Å². The number of aromatic hydroxyl groups is 2. The van der Waals surface area contributed by atoms with E-state index in [-0.39, 0.29) is 23.3 Å². The average Bonchev–Trinajstić information content (AvgIpc) is 2.28. The summed E-state index contributed by atoms with van der Waals surface area (Å²) < 4.78 is 0. The largest absolute Gasteiger partial charge is 0.507 e. The van der Waals surface area contributed by atoms with Crippen LogP contribution in [0.15, 0.2) is 35.9 Å². The lowest BCUT2D eigenvalue weighted by atomic mass is 9.74. The molecule has 0 unspecified atom stereocenters. The van der Waals surface area contributed by atoms with Gasteiger partial charge in [0.2, 0.25) is 0 Å². The highest BCUT2D eigenvalue weighted by Crippen LogP contribution is 2.45. The Balaban J connectivity index is 2.51. The predicted molar refractivity (Wildman–Crippen MR) is 72.6 cm³/mol. The molecule has 18 heavy (non-hydrogen) atoms. The van der Waals surface area contributed by atoms with Crippen LogP contribution in [0.5, 0.6) is 11.5 Å². The summed E-state index contributed by atoms with van der Waals surface area (Å²) in [7, 11) is 0. The van der Waals surface area contributed by atoms with E-state index < -0.39 is 0 Å². The maximum Gasteiger partial charge on any atom is 0.123 e. The molecule has 1 aromatic carbocycles. The van der Waals surface area contributed by atoms with Gasteiger partial charge in [0.05, 0.1) is 0 Å². The van der Waals surface area contributed by atoms with Crippen LogP contribution in [0.4, 0.5) is 0 Å². The third kappa shape index (κ3) is 2.28. The van der Waals surface area contributed by atoms with Gasteiger partial charge in [-0.05, 0) is 50.8 Å². The highest BCUT2D eigenvalue weighted by molar-refractivity contribution is 5.48. The number of phenolic OH excluding ortho intramolecular Hbond substituents is 2. The molecule has 0 saturated carbocycles. The molecular formula is C16H19O2. The third-order valence-electron chi connectivity index (χ3n) is 3.71. The molecule has 0 saturated heterocycles. The van der Waals surface area contributed by atoms with Gasteiger partial charge in [-0.15, -0.1) is 0 Å². The quantitative estimate of drug-likeness (QED) is 0.773. The Morgan fingerprint density at radius 2 is 1.94 bits per heavy atom. The second-order valence-corrected chi connectivity index (χ2v) is 5.17. The van der Waals surface area contributed by atoms with Crippen LogP contribution < -0.4 is 0 Å². The Bertz CT molecular complexity index is 480. The summed E-state index contributed by atoms with van der Waals surface area (Å²) >= 11 is 0. The Kier molecular flexibility index (Phi) is 3.46. The van der Waals surface area contributed by atoms with Gasteiger partial charge in [-0.25, -0.2) is 0 Å². The van der Waals surface area contributed by atoms with Crippen molar-refractivity contribution in [1.82, 2.24) is 0 Å². The van der Waals surface area contributed by atoms with Crippen molar-refractivity contribution in [2.24, 2.45) is 5.92 Å². The monoisotopic (exact) mass is 243 g/mol. The minimum atomic E-state index is 0.00542. The van der Waals surface area contributed by atoms with Gasteiger partial charge in [-0.1, -0.05) is 23.8 Å². The van der Waals surface area contributed by atoms with E-state index in [1.807, 2.05) is 6.92 Å². The molecule has 1 aliphatic rings. The number of phenols is 2. The SMILES string of the molecule is C=C(C)[C@H]1CCC(C)=C[C@@H]1c1c(O)c[c]cc1O. The number of hydrogen-bond acceptors (Lipinski definition) is 2. The molecule has 1 radical (unpaired) electrons. The first-order valence-corrected chi connectivity index (χ1v) is 6.25. The van der Waals surface area contributed by atoms with E-state index in [1.54, 1.807) is 0 Å². The lowest BCUT2D eigenvalue weighted by molar-refractivity contribution is 0.407. The van der Waals surface area contributed by atoms with Crippen LogP contribution in [0.25, 0.3) is 0 Å². The number of allylic oxidation sites excluding steroid dienone is 3. The van der Waals surface area contributed by atoms with Crippen molar-refractivity contribution in [3.63, 3.8) is 0 Å². The molecule has 0 heterocycles. The van der Waals surface area contributed by atoms with Crippen molar-refractivity contribution >= 4 is 0 Å². The molecule has 0 bridgehead atoms. The van der Waals surface area contributed by atoms with Gasteiger partial charge in [0.15, 0.2) is 0 Å². The molecule has 2 rings (SSSR count). The van der Waals surface area contributed by atoms with Crippen LogP contribution in [0.3, 0.4) is 0 Å². The van der Waals surface area contributed by atoms with Crippen molar-refractivity contribution < 1.29 is 10.2 Å². The molecule has 0 fully saturated rings. The lowest BCUT2D eigenvalue weighted by Crippen LogP contribution is -2.17. The first-order valence-electron chi connectivity index (χ1n) is 6.25. The van der Waals surface area contributed by atoms with Crippen molar-refractivity contribution in [3.8, 4) is 11.5 Å². The van der Waals surface area contributed by atoms with Crippen LogP contribution in [-0.2, 0) is 0 Å². The summed E-state index contributed by atoms with van der Waals surface area (Å²) in [6, 6.07) is 5.73. The van der Waals surface area contributed by atoms with Gasteiger partial charge in [-0.3, -0.25) is 0 Å². The molecular weight excluding hydrogens is 224 g/mol. The molecule has 2 atom stereocenters. The predicted octanol–water partition coefficient (Wildman–Crippen LogP) is 3.91. The first kappa shape index (κ1) is 12.7. The maximum absolute atomic E-state index is 9.98.